The molecule has 2 heterocycles. The topological polar surface area (TPSA) is 45.6 Å². The largest absolute Gasteiger partial charge is 0.493 e. The Labute approximate surface area is 158 Å². The Hall–Kier alpha value is -1.50. The van der Waals surface area contributed by atoms with Crippen LogP contribution in [0, 0.1) is 12.7 Å². The molecule has 0 bridgehead atoms. The van der Waals surface area contributed by atoms with Gasteiger partial charge in [-0.05, 0) is 63.5 Å². The molecule has 0 saturated carbocycles. The average Bonchev–Trinajstić information content (AvgIpc) is 2.89. The monoisotopic (exact) mass is 378 g/mol. The molecule has 0 spiro atoms. The Morgan fingerprint density at radius 3 is 2.77 bits per heavy atom. The van der Waals surface area contributed by atoms with Gasteiger partial charge in [-0.15, -0.1) is 11.3 Å². The molecule has 1 saturated heterocycles. The lowest BCUT2D eigenvalue weighted by Crippen LogP contribution is -2.29. The van der Waals surface area contributed by atoms with Gasteiger partial charge in [-0.2, -0.15) is 0 Å². The van der Waals surface area contributed by atoms with E-state index in [4.69, 9.17) is 4.74 Å². The summed E-state index contributed by atoms with van der Waals surface area (Å²) in [6, 6.07) is 6.06. The quantitative estimate of drug-likeness (QED) is 0.828. The van der Waals surface area contributed by atoms with Gasteiger partial charge in [0.15, 0.2) is 0 Å². The van der Waals surface area contributed by atoms with E-state index in [1.165, 1.54) is 12.1 Å². The third kappa shape index (κ3) is 4.61. The molecule has 0 amide bonds. The van der Waals surface area contributed by atoms with Crippen LogP contribution in [0.15, 0.2) is 24.3 Å². The van der Waals surface area contributed by atoms with E-state index in [1.54, 1.807) is 23.5 Å². The Kier molecular flexibility index (Phi) is 6.27. The minimum Gasteiger partial charge on any atom is -0.493 e. The first-order chi connectivity index (χ1) is 12.5. The number of rotatable bonds is 6. The second kappa shape index (κ2) is 8.46. The Balaban J connectivity index is 1.62. The Morgan fingerprint density at radius 2 is 2.04 bits per heavy atom. The summed E-state index contributed by atoms with van der Waals surface area (Å²) >= 11 is 1.60. The molecule has 142 valence electrons. The number of hydrogen-bond donors (Lipinski definition) is 1. The number of aliphatic hydroxyl groups is 1. The van der Waals surface area contributed by atoms with Gasteiger partial charge in [0.1, 0.15) is 22.2 Å². The Bertz CT molecular complexity index is 719. The summed E-state index contributed by atoms with van der Waals surface area (Å²) in [6.07, 6.45) is 3.23. The van der Waals surface area contributed by atoms with Gasteiger partial charge in [-0.3, -0.25) is 0 Å². The highest BCUT2D eigenvalue weighted by Gasteiger charge is 2.35. The third-order valence-electron chi connectivity index (χ3n) is 5.06. The lowest BCUT2D eigenvalue weighted by molar-refractivity contribution is 0.0210. The van der Waals surface area contributed by atoms with E-state index >= 15 is 0 Å². The van der Waals surface area contributed by atoms with Crippen molar-refractivity contribution in [3.05, 3.63) is 45.7 Å². The first-order valence-corrected chi connectivity index (χ1v) is 10.1. The molecular formula is C20H27FN2O2S. The SMILES string of the molecule is CCN1CCC[C@@](O)(c2nc(C)c(CCOc3ccc(F)cc3)s2)CC1. The second-order valence-corrected chi connectivity index (χ2v) is 7.98. The van der Waals surface area contributed by atoms with E-state index in [0.29, 0.717) is 12.4 Å². The van der Waals surface area contributed by atoms with Crippen LogP contribution in [-0.2, 0) is 12.0 Å². The molecule has 1 atom stereocenters. The fourth-order valence-corrected chi connectivity index (χ4v) is 4.55. The molecule has 0 unspecified atom stereocenters. The van der Waals surface area contributed by atoms with E-state index in [1.807, 2.05) is 6.92 Å². The first-order valence-electron chi connectivity index (χ1n) is 9.30. The zero-order valence-corrected chi connectivity index (χ0v) is 16.3. The Morgan fingerprint density at radius 1 is 1.27 bits per heavy atom. The summed E-state index contributed by atoms with van der Waals surface area (Å²) in [7, 11) is 0. The van der Waals surface area contributed by atoms with Crippen molar-refractivity contribution in [2.24, 2.45) is 0 Å². The van der Waals surface area contributed by atoms with Crippen molar-refractivity contribution < 1.29 is 14.2 Å². The van der Waals surface area contributed by atoms with Crippen molar-refractivity contribution in [2.75, 3.05) is 26.2 Å². The van der Waals surface area contributed by atoms with E-state index in [0.717, 1.165) is 60.9 Å². The summed E-state index contributed by atoms with van der Waals surface area (Å²) in [5.74, 6) is 0.398. The van der Waals surface area contributed by atoms with Gasteiger partial charge < -0.3 is 14.7 Å². The average molecular weight is 379 g/mol. The van der Waals surface area contributed by atoms with Crippen molar-refractivity contribution in [1.82, 2.24) is 9.88 Å². The number of aromatic nitrogens is 1. The number of ether oxygens (including phenoxy) is 1. The van der Waals surface area contributed by atoms with Gasteiger partial charge in [0, 0.05) is 17.8 Å². The van der Waals surface area contributed by atoms with Crippen molar-refractivity contribution in [1.29, 1.82) is 0 Å². The van der Waals surface area contributed by atoms with Crippen LogP contribution >= 0.6 is 11.3 Å². The van der Waals surface area contributed by atoms with E-state index in [9.17, 15) is 9.50 Å². The molecule has 1 aromatic heterocycles. The molecule has 4 nitrogen and oxygen atoms in total. The number of nitrogens with zero attached hydrogens (tertiary/aromatic N) is 2. The fourth-order valence-electron chi connectivity index (χ4n) is 3.36. The molecule has 1 aliphatic heterocycles. The van der Waals surface area contributed by atoms with Crippen LogP contribution in [0.5, 0.6) is 5.75 Å². The lowest BCUT2D eigenvalue weighted by atomic mass is 9.96. The smallest absolute Gasteiger partial charge is 0.125 e. The van der Waals surface area contributed by atoms with Crippen LogP contribution in [0.25, 0.3) is 0 Å². The van der Waals surface area contributed by atoms with Crippen LogP contribution in [0.3, 0.4) is 0 Å². The molecule has 0 aliphatic carbocycles. The number of benzene rings is 1. The predicted octanol–water partition coefficient (Wildman–Crippen LogP) is 3.91. The molecular weight excluding hydrogens is 351 g/mol. The first kappa shape index (κ1) is 19.3. The molecule has 1 aliphatic rings. The van der Waals surface area contributed by atoms with Gasteiger partial charge >= 0.3 is 0 Å². The normalized spacial score (nSPS) is 21.5. The minimum atomic E-state index is -0.810. The maximum Gasteiger partial charge on any atom is 0.125 e. The zero-order valence-electron chi connectivity index (χ0n) is 15.5. The van der Waals surface area contributed by atoms with Gasteiger partial charge in [0.05, 0.1) is 12.3 Å². The zero-order chi connectivity index (χ0) is 18.6. The maximum atomic E-state index is 12.9. The van der Waals surface area contributed by atoms with Crippen LogP contribution in [0.2, 0.25) is 0 Å². The van der Waals surface area contributed by atoms with Gasteiger partial charge in [-0.25, -0.2) is 9.37 Å². The van der Waals surface area contributed by atoms with Gasteiger partial charge in [0.25, 0.3) is 0 Å². The van der Waals surface area contributed by atoms with Gasteiger partial charge in [0.2, 0.25) is 0 Å². The van der Waals surface area contributed by atoms with E-state index < -0.39 is 5.60 Å². The number of likely N-dealkylation sites (tertiary alicyclic amines) is 1. The molecule has 1 N–H and O–H groups in total. The number of thiazole rings is 1. The van der Waals surface area contributed by atoms with Crippen molar-refractivity contribution in [2.45, 2.75) is 45.1 Å². The summed E-state index contributed by atoms with van der Waals surface area (Å²) in [5, 5.41) is 12.0. The summed E-state index contributed by atoms with van der Waals surface area (Å²) < 4.78 is 18.6. The second-order valence-electron chi connectivity index (χ2n) is 6.90. The number of halogens is 1. The third-order valence-corrected chi connectivity index (χ3v) is 6.47. The van der Waals surface area contributed by atoms with Crippen LogP contribution < -0.4 is 4.74 Å². The minimum absolute atomic E-state index is 0.265. The van der Waals surface area contributed by atoms with Crippen molar-refractivity contribution in [3.63, 3.8) is 0 Å². The number of aryl methyl sites for hydroxylation is 1. The fraction of sp³-hybridized carbons (Fsp3) is 0.550. The number of hydrogen-bond acceptors (Lipinski definition) is 5. The molecule has 1 aromatic carbocycles. The lowest BCUT2D eigenvalue weighted by Gasteiger charge is -2.24. The highest BCUT2D eigenvalue weighted by Crippen LogP contribution is 2.36. The summed E-state index contributed by atoms with van der Waals surface area (Å²) in [4.78, 5) is 8.21. The molecule has 1 fully saturated rings. The standard InChI is InChI=1S/C20H27FN2O2S/c1-3-23-12-4-10-20(24,11-13-23)19-22-15(2)18(26-19)9-14-25-17-7-5-16(21)6-8-17/h5-8,24H,3-4,9-14H2,1-2H3/t20-/m0/s1. The van der Waals surface area contributed by atoms with E-state index in [-0.39, 0.29) is 5.82 Å². The molecule has 0 radical (unpaired) electrons. The van der Waals surface area contributed by atoms with Gasteiger partial charge in [-0.1, -0.05) is 6.92 Å². The van der Waals surface area contributed by atoms with Crippen molar-refractivity contribution in [3.8, 4) is 5.75 Å². The highest BCUT2D eigenvalue weighted by atomic mass is 32.1. The van der Waals surface area contributed by atoms with Crippen LogP contribution in [-0.4, -0.2) is 41.2 Å². The maximum absolute atomic E-state index is 12.9. The van der Waals surface area contributed by atoms with Crippen LogP contribution in [0.1, 0.15) is 41.8 Å². The predicted molar refractivity (Wildman–Crippen MR) is 102 cm³/mol. The van der Waals surface area contributed by atoms with Crippen LogP contribution in [0.4, 0.5) is 4.39 Å². The molecule has 3 rings (SSSR count). The van der Waals surface area contributed by atoms with Crippen molar-refractivity contribution >= 4 is 11.3 Å². The molecule has 2 aromatic rings. The van der Waals surface area contributed by atoms with E-state index in [2.05, 4.69) is 16.8 Å². The summed E-state index contributed by atoms with van der Waals surface area (Å²) in [5.41, 5.74) is 0.160. The summed E-state index contributed by atoms with van der Waals surface area (Å²) in [6.45, 7) is 7.65. The molecule has 6 heteroatoms. The highest BCUT2D eigenvalue weighted by molar-refractivity contribution is 7.11. The molecule has 26 heavy (non-hydrogen) atoms.